The number of para-hydroxylation sites is 2. The first-order chi connectivity index (χ1) is 18.5. The van der Waals surface area contributed by atoms with Gasteiger partial charge in [0.25, 0.3) is 5.91 Å². The number of morpholine rings is 1. The van der Waals surface area contributed by atoms with Crippen LogP contribution < -0.4 is 0 Å². The summed E-state index contributed by atoms with van der Waals surface area (Å²) in [5.41, 5.74) is 1.01. The van der Waals surface area contributed by atoms with Gasteiger partial charge < -0.3 is 28.7 Å². The molecule has 2 unspecified atom stereocenters. The Morgan fingerprint density at radius 1 is 1.10 bits per heavy atom. The van der Waals surface area contributed by atoms with E-state index in [1.165, 1.54) is 0 Å². The fourth-order valence-corrected chi connectivity index (χ4v) is 5.47. The van der Waals surface area contributed by atoms with E-state index in [9.17, 15) is 14.4 Å². The van der Waals surface area contributed by atoms with Crippen LogP contribution in [-0.2, 0) is 20.8 Å². The molecule has 3 amide bonds. The normalized spacial score (nSPS) is 20.4. The molecule has 2 atom stereocenters. The van der Waals surface area contributed by atoms with Gasteiger partial charge in [-0.15, -0.1) is 0 Å². The first-order valence-electron chi connectivity index (χ1n) is 14.1. The third-order valence-electron chi connectivity index (χ3n) is 7.18. The van der Waals surface area contributed by atoms with Gasteiger partial charge in [0, 0.05) is 39.3 Å². The molecule has 39 heavy (non-hydrogen) atoms. The summed E-state index contributed by atoms with van der Waals surface area (Å²) in [5, 5.41) is 0. The van der Waals surface area contributed by atoms with Crippen LogP contribution in [0.25, 0.3) is 11.0 Å². The maximum Gasteiger partial charge on any atom is 0.410 e. The Kier molecular flexibility index (Phi) is 8.83. The second-order valence-electron chi connectivity index (χ2n) is 11.9. The van der Waals surface area contributed by atoms with Crippen molar-refractivity contribution in [2.45, 2.75) is 66.2 Å². The molecule has 2 aliphatic heterocycles. The molecule has 2 aliphatic rings. The molecule has 0 aliphatic carbocycles. The van der Waals surface area contributed by atoms with E-state index in [2.05, 4.69) is 13.8 Å². The molecule has 10 heteroatoms. The minimum absolute atomic E-state index is 0.00528. The molecule has 2 aromatic rings. The van der Waals surface area contributed by atoms with Gasteiger partial charge in [0.2, 0.25) is 5.91 Å². The van der Waals surface area contributed by atoms with Crippen molar-refractivity contribution in [3.63, 3.8) is 0 Å². The molecule has 1 aromatic heterocycles. The van der Waals surface area contributed by atoms with Crippen molar-refractivity contribution in [3.8, 4) is 0 Å². The lowest BCUT2D eigenvalue weighted by atomic mass is 9.91. The zero-order valence-electron chi connectivity index (χ0n) is 24.2. The summed E-state index contributed by atoms with van der Waals surface area (Å²) < 4.78 is 13.1. The smallest absolute Gasteiger partial charge is 0.410 e. The average molecular weight is 542 g/mol. The first-order valence-corrected chi connectivity index (χ1v) is 14.1. The van der Waals surface area contributed by atoms with Crippen LogP contribution in [0.3, 0.4) is 0 Å². The van der Waals surface area contributed by atoms with E-state index in [-0.39, 0.29) is 30.3 Å². The van der Waals surface area contributed by atoms with E-state index in [0.29, 0.717) is 58.2 Å². The number of nitrogens with zero attached hydrogens (tertiary/aromatic N) is 5. The lowest BCUT2D eigenvalue weighted by Gasteiger charge is -2.44. The number of likely N-dealkylation sites (tertiary alicyclic amines) is 1. The average Bonchev–Trinajstić information content (AvgIpc) is 3.29. The molecule has 0 bridgehead atoms. The summed E-state index contributed by atoms with van der Waals surface area (Å²) in [6.45, 7) is 15.3. The molecule has 3 heterocycles. The number of hydrogen-bond acceptors (Lipinski definition) is 6. The fourth-order valence-electron chi connectivity index (χ4n) is 5.47. The number of carbonyl (C=O) groups excluding carboxylic acids is 3. The van der Waals surface area contributed by atoms with Crippen LogP contribution in [0.4, 0.5) is 4.79 Å². The molecule has 0 N–H and O–H groups in total. The number of piperidine rings is 1. The molecular formula is C29H43N5O5. The molecule has 214 valence electrons. The molecule has 2 fully saturated rings. The highest BCUT2D eigenvalue weighted by Crippen LogP contribution is 2.28. The Morgan fingerprint density at radius 2 is 1.79 bits per heavy atom. The van der Waals surface area contributed by atoms with E-state index in [1.807, 2.05) is 66.3 Å². The summed E-state index contributed by atoms with van der Waals surface area (Å²) in [6.07, 6.45) is 0.00467. The molecule has 0 saturated carbocycles. The van der Waals surface area contributed by atoms with Gasteiger partial charge in [-0.05, 0) is 52.2 Å². The third kappa shape index (κ3) is 6.72. The standard InChI is InChI=1S/C29H43N5O5/c1-7-33-24-11-9-8-10-23(24)30-25(33)27(36)34(17-20(2)3)22-16-21(26(35)31-12-14-38-15-13-31)18-32(19-22)28(37)39-29(4,5)6/h8-11,20-22H,7,12-19H2,1-6H3. The molecular weight excluding hydrogens is 498 g/mol. The number of carbonyl (C=O) groups is 3. The zero-order valence-corrected chi connectivity index (χ0v) is 24.2. The fraction of sp³-hybridized carbons (Fsp3) is 0.655. The molecule has 0 radical (unpaired) electrons. The minimum atomic E-state index is -0.673. The van der Waals surface area contributed by atoms with Crippen LogP contribution in [0, 0.1) is 11.8 Å². The monoisotopic (exact) mass is 541 g/mol. The summed E-state index contributed by atoms with van der Waals surface area (Å²) >= 11 is 0. The van der Waals surface area contributed by atoms with Crippen molar-refractivity contribution < 1.29 is 23.9 Å². The van der Waals surface area contributed by atoms with Crippen molar-refractivity contribution in [1.82, 2.24) is 24.3 Å². The van der Waals surface area contributed by atoms with Gasteiger partial charge in [0.05, 0.1) is 36.2 Å². The van der Waals surface area contributed by atoms with Crippen LogP contribution in [0.15, 0.2) is 24.3 Å². The van der Waals surface area contributed by atoms with Crippen LogP contribution in [0.5, 0.6) is 0 Å². The summed E-state index contributed by atoms with van der Waals surface area (Å²) in [4.78, 5) is 51.0. The van der Waals surface area contributed by atoms with Crippen LogP contribution in [0.2, 0.25) is 0 Å². The Morgan fingerprint density at radius 3 is 2.44 bits per heavy atom. The maximum atomic E-state index is 14.2. The maximum absolute atomic E-state index is 14.2. The number of benzene rings is 1. The number of hydrogen-bond donors (Lipinski definition) is 0. The Balaban J connectivity index is 1.68. The van der Waals surface area contributed by atoms with Gasteiger partial charge >= 0.3 is 6.09 Å². The SMILES string of the molecule is CCn1c(C(=O)N(CC(C)C)C2CC(C(=O)N3CCOCC3)CN(C(=O)OC(C)(C)C)C2)nc2ccccc21. The highest BCUT2D eigenvalue weighted by atomic mass is 16.6. The first kappa shape index (κ1) is 28.9. The predicted octanol–water partition coefficient (Wildman–Crippen LogP) is 3.64. The van der Waals surface area contributed by atoms with E-state index >= 15 is 0 Å². The van der Waals surface area contributed by atoms with Gasteiger partial charge in [-0.1, -0.05) is 26.0 Å². The summed E-state index contributed by atoms with van der Waals surface area (Å²) in [7, 11) is 0. The number of ether oxygens (including phenoxy) is 2. The van der Waals surface area contributed by atoms with E-state index in [4.69, 9.17) is 14.5 Å². The van der Waals surface area contributed by atoms with Crippen molar-refractivity contribution in [1.29, 1.82) is 0 Å². The lowest BCUT2D eigenvalue weighted by Crippen LogP contribution is -2.58. The van der Waals surface area contributed by atoms with Gasteiger partial charge in [0.1, 0.15) is 5.60 Å². The third-order valence-corrected chi connectivity index (χ3v) is 7.18. The topological polar surface area (TPSA) is 97.2 Å². The van der Waals surface area contributed by atoms with E-state index in [0.717, 1.165) is 11.0 Å². The number of fused-ring (bicyclic) bond motifs is 1. The van der Waals surface area contributed by atoms with Crippen molar-refractivity contribution in [3.05, 3.63) is 30.1 Å². The summed E-state index contributed by atoms with van der Waals surface area (Å²) in [6, 6.07) is 7.38. The number of aryl methyl sites for hydroxylation is 1. The van der Waals surface area contributed by atoms with Crippen LogP contribution >= 0.6 is 0 Å². The second-order valence-corrected chi connectivity index (χ2v) is 11.9. The molecule has 1 aromatic carbocycles. The minimum Gasteiger partial charge on any atom is -0.444 e. The van der Waals surface area contributed by atoms with Crippen LogP contribution in [-0.4, -0.2) is 99.7 Å². The molecule has 4 rings (SSSR count). The van der Waals surface area contributed by atoms with E-state index in [1.54, 1.807) is 4.90 Å². The molecule has 2 saturated heterocycles. The Bertz CT molecular complexity index is 1180. The molecule has 0 spiro atoms. The van der Waals surface area contributed by atoms with Crippen molar-refractivity contribution in [2.24, 2.45) is 11.8 Å². The molecule has 10 nitrogen and oxygen atoms in total. The number of imidazole rings is 1. The number of amides is 3. The lowest BCUT2D eigenvalue weighted by molar-refractivity contribution is -0.142. The largest absolute Gasteiger partial charge is 0.444 e. The van der Waals surface area contributed by atoms with Gasteiger partial charge in [0.15, 0.2) is 5.82 Å². The van der Waals surface area contributed by atoms with Gasteiger partial charge in [-0.3, -0.25) is 9.59 Å². The Hall–Kier alpha value is -3.14. The van der Waals surface area contributed by atoms with Crippen molar-refractivity contribution in [2.75, 3.05) is 45.9 Å². The van der Waals surface area contributed by atoms with Gasteiger partial charge in [-0.25, -0.2) is 9.78 Å². The second kappa shape index (κ2) is 11.9. The highest BCUT2D eigenvalue weighted by molar-refractivity contribution is 5.95. The van der Waals surface area contributed by atoms with Gasteiger partial charge in [-0.2, -0.15) is 0 Å². The number of aromatic nitrogens is 2. The Labute approximate surface area is 231 Å². The quantitative estimate of drug-likeness (QED) is 0.554. The zero-order chi connectivity index (χ0) is 28.3. The summed E-state index contributed by atoms with van der Waals surface area (Å²) in [5.74, 6) is -0.0741. The highest BCUT2D eigenvalue weighted by Gasteiger charge is 2.41. The van der Waals surface area contributed by atoms with Crippen LogP contribution in [0.1, 0.15) is 58.6 Å². The van der Waals surface area contributed by atoms with Crippen molar-refractivity contribution >= 4 is 28.9 Å². The number of rotatable bonds is 6. The predicted molar refractivity (Wildman–Crippen MR) is 148 cm³/mol. The van der Waals surface area contributed by atoms with E-state index < -0.39 is 17.6 Å².